The Morgan fingerprint density at radius 3 is 2.89 bits per heavy atom. The predicted octanol–water partition coefficient (Wildman–Crippen LogP) is 3.04. The number of rotatable bonds is 4. The molecule has 2 aromatic rings. The van der Waals surface area contributed by atoms with Gasteiger partial charge in [0.1, 0.15) is 10.8 Å². The first-order valence-corrected chi connectivity index (χ1v) is 6.99. The molecule has 1 aromatic carbocycles. The van der Waals surface area contributed by atoms with Crippen LogP contribution in [0.4, 0.5) is 0 Å². The summed E-state index contributed by atoms with van der Waals surface area (Å²) >= 11 is 1.53. The molecule has 1 heterocycles. The third kappa shape index (κ3) is 3.12. The number of carbonyl (C=O) groups excluding carboxylic acids is 1. The summed E-state index contributed by atoms with van der Waals surface area (Å²) in [7, 11) is 0. The van der Waals surface area contributed by atoms with Crippen molar-refractivity contribution in [2.75, 3.05) is 0 Å². The van der Waals surface area contributed by atoms with Crippen molar-refractivity contribution in [2.24, 2.45) is 0 Å². The predicted molar refractivity (Wildman–Crippen MR) is 75.5 cm³/mol. The third-order valence-electron chi connectivity index (χ3n) is 2.92. The summed E-state index contributed by atoms with van der Waals surface area (Å²) in [6.07, 6.45) is 2.52. The van der Waals surface area contributed by atoms with Gasteiger partial charge in [0.25, 0.3) is 5.91 Å². The van der Waals surface area contributed by atoms with Crippen LogP contribution in [0.25, 0.3) is 0 Å². The molecule has 19 heavy (non-hydrogen) atoms. The standard InChI is InChI=1S/C14H16N2O2S/c1-3-11(14-15-6-7-19-14)16-13(18)10-4-5-12(17)9(2)8-10/h4-8,11,17H,3H2,1-2H3,(H,16,18). The van der Waals surface area contributed by atoms with Crippen molar-refractivity contribution in [1.82, 2.24) is 10.3 Å². The van der Waals surface area contributed by atoms with Gasteiger partial charge in [0, 0.05) is 17.1 Å². The molecular weight excluding hydrogens is 260 g/mol. The molecule has 0 aliphatic carbocycles. The van der Waals surface area contributed by atoms with Gasteiger partial charge in [-0.1, -0.05) is 6.92 Å². The molecule has 0 aliphatic heterocycles. The summed E-state index contributed by atoms with van der Waals surface area (Å²) in [4.78, 5) is 16.4. The zero-order valence-electron chi connectivity index (χ0n) is 10.9. The first kappa shape index (κ1) is 13.5. The van der Waals surface area contributed by atoms with Gasteiger partial charge in [-0.3, -0.25) is 4.79 Å². The van der Waals surface area contributed by atoms with Gasteiger partial charge in [0.05, 0.1) is 6.04 Å². The van der Waals surface area contributed by atoms with Gasteiger partial charge in [0.15, 0.2) is 0 Å². The van der Waals surface area contributed by atoms with E-state index in [2.05, 4.69) is 10.3 Å². The summed E-state index contributed by atoms with van der Waals surface area (Å²) in [5.41, 5.74) is 1.24. The lowest BCUT2D eigenvalue weighted by atomic mass is 10.1. The molecule has 0 aliphatic rings. The molecule has 100 valence electrons. The number of nitrogens with zero attached hydrogens (tertiary/aromatic N) is 1. The molecule has 0 saturated carbocycles. The molecule has 1 unspecified atom stereocenters. The van der Waals surface area contributed by atoms with Crippen LogP contribution in [0.2, 0.25) is 0 Å². The molecule has 2 rings (SSSR count). The second-order valence-corrected chi connectivity index (χ2v) is 5.23. The fourth-order valence-corrected chi connectivity index (χ4v) is 2.56. The van der Waals surface area contributed by atoms with Crippen LogP contribution in [0.3, 0.4) is 0 Å². The molecule has 0 saturated heterocycles. The first-order chi connectivity index (χ1) is 9.11. The van der Waals surface area contributed by atoms with Gasteiger partial charge >= 0.3 is 0 Å². The fraction of sp³-hybridized carbons (Fsp3) is 0.286. The van der Waals surface area contributed by atoms with Gasteiger partial charge in [-0.05, 0) is 37.1 Å². The number of amides is 1. The molecule has 0 bridgehead atoms. The van der Waals surface area contributed by atoms with E-state index in [0.717, 1.165) is 11.4 Å². The highest BCUT2D eigenvalue weighted by Gasteiger charge is 2.16. The van der Waals surface area contributed by atoms with Crippen LogP contribution in [-0.2, 0) is 0 Å². The van der Waals surface area contributed by atoms with Crippen LogP contribution >= 0.6 is 11.3 Å². The lowest BCUT2D eigenvalue weighted by Crippen LogP contribution is -2.28. The molecule has 1 aromatic heterocycles. The minimum atomic E-state index is -0.148. The van der Waals surface area contributed by atoms with Crippen LogP contribution < -0.4 is 5.32 Å². The number of thiazole rings is 1. The van der Waals surface area contributed by atoms with E-state index < -0.39 is 0 Å². The zero-order valence-corrected chi connectivity index (χ0v) is 11.7. The van der Waals surface area contributed by atoms with Crippen molar-refractivity contribution >= 4 is 17.2 Å². The highest BCUT2D eigenvalue weighted by atomic mass is 32.1. The number of aromatic hydroxyl groups is 1. The molecular formula is C14H16N2O2S. The van der Waals surface area contributed by atoms with E-state index in [-0.39, 0.29) is 17.7 Å². The van der Waals surface area contributed by atoms with Crippen molar-refractivity contribution in [1.29, 1.82) is 0 Å². The molecule has 1 amide bonds. The number of hydrogen-bond acceptors (Lipinski definition) is 4. The van der Waals surface area contributed by atoms with Crippen molar-refractivity contribution in [3.8, 4) is 5.75 Å². The smallest absolute Gasteiger partial charge is 0.251 e. The van der Waals surface area contributed by atoms with E-state index in [9.17, 15) is 9.90 Å². The number of phenols is 1. The Kier molecular flexibility index (Phi) is 4.16. The largest absolute Gasteiger partial charge is 0.508 e. The quantitative estimate of drug-likeness (QED) is 0.902. The second kappa shape index (κ2) is 5.84. The van der Waals surface area contributed by atoms with E-state index in [4.69, 9.17) is 0 Å². The number of aromatic nitrogens is 1. The van der Waals surface area contributed by atoms with Gasteiger partial charge in [0.2, 0.25) is 0 Å². The Morgan fingerprint density at radius 2 is 2.32 bits per heavy atom. The van der Waals surface area contributed by atoms with Crippen molar-refractivity contribution in [3.63, 3.8) is 0 Å². The summed E-state index contributed by atoms with van der Waals surface area (Å²) in [5.74, 6) is 0.0497. The molecule has 1 atom stereocenters. The minimum absolute atomic E-state index is 0.0680. The Morgan fingerprint density at radius 1 is 1.53 bits per heavy atom. The van der Waals surface area contributed by atoms with Gasteiger partial charge in [-0.2, -0.15) is 0 Å². The van der Waals surface area contributed by atoms with Crippen molar-refractivity contribution in [2.45, 2.75) is 26.3 Å². The average Bonchev–Trinajstić information content (AvgIpc) is 2.92. The number of nitrogens with one attached hydrogen (secondary N) is 1. The van der Waals surface area contributed by atoms with Crippen LogP contribution in [0, 0.1) is 6.92 Å². The van der Waals surface area contributed by atoms with Crippen LogP contribution in [0.5, 0.6) is 5.75 Å². The maximum Gasteiger partial charge on any atom is 0.251 e. The lowest BCUT2D eigenvalue weighted by Gasteiger charge is -2.14. The van der Waals surface area contributed by atoms with Gasteiger partial charge in [-0.25, -0.2) is 4.98 Å². The topological polar surface area (TPSA) is 62.2 Å². The second-order valence-electron chi connectivity index (χ2n) is 4.31. The van der Waals surface area contributed by atoms with Crippen LogP contribution in [0.1, 0.15) is 40.3 Å². The summed E-state index contributed by atoms with van der Waals surface area (Å²) in [6.45, 7) is 3.78. The van der Waals surface area contributed by atoms with Gasteiger partial charge in [-0.15, -0.1) is 11.3 Å². The Hall–Kier alpha value is -1.88. The van der Waals surface area contributed by atoms with E-state index >= 15 is 0 Å². The number of carbonyl (C=O) groups is 1. The summed E-state index contributed by atoms with van der Waals surface area (Å²) in [5, 5.41) is 15.2. The highest BCUT2D eigenvalue weighted by Crippen LogP contribution is 2.21. The maximum absolute atomic E-state index is 12.2. The Balaban J connectivity index is 2.13. The van der Waals surface area contributed by atoms with Gasteiger partial charge < -0.3 is 10.4 Å². The van der Waals surface area contributed by atoms with E-state index in [1.807, 2.05) is 12.3 Å². The highest BCUT2D eigenvalue weighted by molar-refractivity contribution is 7.09. The van der Waals surface area contributed by atoms with E-state index in [1.54, 1.807) is 25.3 Å². The lowest BCUT2D eigenvalue weighted by molar-refractivity contribution is 0.0935. The first-order valence-electron chi connectivity index (χ1n) is 6.11. The Bertz CT molecular complexity index is 567. The third-order valence-corrected chi connectivity index (χ3v) is 3.81. The summed E-state index contributed by atoms with van der Waals surface area (Å²) in [6, 6.07) is 4.77. The fourth-order valence-electron chi connectivity index (χ4n) is 1.78. The monoisotopic (exact) mass is 276 g/mol. The van der Waals surface area contributed by atoms with E-state index in [0.29, 0.717) is 11.1 Å². The van der Waals surface area contributed by atoms with Crippen LogP contribution in [-0.4, -0.2) is 16.0 Å². The Labute approximate surface area is 116 Å². The normalized spacial score (nSPS) is 12.1. The number of benzene rings is 1. The SMILES string of the molecule is CCC(NC(=O)c1ccc(O)c(C)c1)c1nccs1. The minimum Gasteiger partial charge on any atom is -0.508 e. The average molecular weight is 276 g/mol. The molecule has 0 radical (unpaired) electrons. The summed E-state index contributed by atoms with van der Waals surface area (Å²) < 4.78 is 0. The molecule has 4 nitrogen and oxygen atoms in total. The zero-order chi connectivity index (χ0) is 13.8. The molecule has 2 N–H and O–H groups in total. The number of aryl methyl sites for hydroxylation is 1. The van der Waals surface area contributed by atoms with E-state index in [1.165, 1.54) is 17.4 Å². The molecule has 0 fully saturated rings. The number of hydrogen-bond donors (Lipinski definition) is 2. The van der Waals surface area contributed by atoms with Crippen molar-refractivity contribution in [3.05, 3.63) is 45.9 Å². The van der Waals surface area contributed by atoms with Crippen molar-refractivity contribution < 1.29 is 9.90 Å². The number of phenolic OH excluding ortho intramolecular Hbond substituents is 1. The van der Waals surface area contributed by atoms with Crippen LogP contribution in [0.15, 0.2) is 29.8 Å². The molecule has 5 heteroatoms. The maximum atomic E-state index is 12.2. The molecule has 0 spiro atoms.